The predicted octanol–water partition coefficient (Wildman–Crippen LogP) is 3.80. The van der Waals surface area contributed by atoms with Gasteiger partial charge in [0.05, 0.1) is 23.2 Å². The highest BCUT2D eigenvalue weighted by Crippen LogP contribution is 2.24. The maximum absolute atomic E-state index is 12.4. The highest BCUT2D eigenvalue weighted by molar-refractivity contribution is 7.07. The zero-order valence-corrected chi connectivity index (χ0v) is 12.6. The van der Waals surface area contributed by atoms with Gasteiger partial charge in [0, 0.05) is 5.38 Å². The Morgan fingerprint density at radius 1 is 1.38 bits per heavy atom. The molecule has 0 atom stereocenters. The van der Waals surface area contributed by atoms with Gasteiger partial charge in [-0.25, -0.2) is 19.3 Å². The molecule has 0 amide bonds. The highest BCUT2D eigenvalue weighted by Gasteiger charge is 2.20. The number of rotatable bonds is 3. The molecule has 2 heterocycles. The van der Waals surface area contributed by atoms with Gasteiger partial charge in [-0.3, -0.25) is 0 Å². The largest absolute Gasteiger partial charge is 0.449 e. The van der Waals surface area contributed by atoms with Gasteiger partial charge in [-0.15, -0.1) is 11.3 Å². The number of fused-ring (bicyclic) bond motifs is 1. The number of imidazole rings is 1. The van der Waals surface area contributed by atoms with E-state index < -0.39 is 6.09 Å². The van der Waals surface area contributed by atoms with Crippen molar-refractivity contribution in [1.29, 1.82) is 0 Å². The number of hydrogen-bond acceptors (Lipinski definition) is 5. The van der Waals surface area contributed by atoms with Crippen molar-refractivity contribution in [2.45, 2.75) is 13.8 Å². The molecule has 1 aromatic carbocycles. The van der Waals surface area contributed by atoms with Crippen LogP contribution in [-0.4, -0.2) is 27.2 Å². The van der Waals surface area contributed by atoms with Crippen LogP contribution in [0.25, 0.3) is 22.6 Å². The van der Waals surface area contributed by atoms with E-state index in [1.54, 1.807) is 5.51 Å². The number of carbonyl (C=O) groups is 1. The molecule has 0 saturated carbocycles. The van der Waals surface area contributed by atoms with E-state index in [0.29, 0.717) is 18.1 Å². The number of thiazole rings is 1. The molecular weight excluding hydrogens is 286 g/mol. The molecule has 5 nitrogen and oxygen atoms in total. The average Bonchev–Trinajstić information content (AvgIpc) is 3.11. The smallest absolute Gasteiger partial charge is 0.420 e. The Hall–Kier alpha value is -2.21. The van der Waals surface area contributed by atoms with Gasteiger partial charge in [0.1, 0.15) is 5.69 Å². The Bertz CT molecular complexity index is 762. The van der Waals surface area contributed by atoms with Crippen molar-refractivity contribution in [1.82, 2.24) is 14.5 Å². The lowest BCUT2D eigenvalue weighted by Crippen LogP contribution is -2.17. The van der Waals surface area contributed by atoms with Crippen LogP contribution in [0.15, 0.2) is 35.2 Å². The second-order valence-electron chi connectivity index (χ2n) is 5.10. The van der Waals surface area contributed by atoms with Gasteiger partial charge >= 0.3 is 6.09 Å². The third kappa shape index (κ3) is 2.67. The van der Waals surface area contributed by atoms with E-state index in [0.717, 1.165) is 11.0 Å². The summed E-state index contributed by atoms with van der Waals surface area (Å²) in [4.78, 5) is 21.2. The summed E-state index contributed by atoms with van der Waals surface area (Å²) in [6, 6.07) is 7.50. The van der Waals surface area contributed by atoms with Gasteiger partial charge in [-0.2, -0.15) is 0 Å². The third-order valence-electron chi connectivity index (χ3n) is 2.94. The molecule has 0 bridgehead atoms. The monoisotopic (exact) mass is 301 g/mol. The first-order valence-electron chi connectivity index (χ1n) is 6.70. The van der Waals surface area contributed by atoms with Gasteiger partial charge in [0.2, 0.25) is 0 Å². The Morgan fingerprint density at radius 2 is 2.19 bits per heavy atom. The van der Waals surface area contributed by atoms with Crippen molar-refractivity contribution in [2.24, 2.45) is 5.92 Å². The summed E-state index contributed by atoms with van der Waals surface area (Å²) in [5.41, 5.74) is 3.88. The van der Waals surface area contributed by atoms with Crippen molar-refractivity contribution in [2.75, 3.05) is 6.61 Å². The van der Waals surface area contributed by atoms with Crippen molar-refractivity contribution < 1.29 is 9.53 Å². The average molecular weight is 301 g/mol. The number of para-hydroxylation sites is 2. The first kappa shape index (κ1) is 13.8. The lowest BCUT2D eigenvalue weighted by atomic mass is 10.2. The van der Waals surface area contributed by atoms with E-state index in [1.165, 1.54) is 15.9 Å². The lowest BCUT2D eigenvalue weighted by Gasteiger charge is -2.09. The van der Waals surface area contributed by atoms with Crippen LogP contribution in [0, 0.1) is 5.92 Å². The SMILES string of the molecule is CC(C)COC(=O)n1c(-c2cscn2)nc2ccccc21. The molecule has 0 aliphatic carbocycles. The van der Waals surface area contributed by atoms with E-state index in [-0.39, 0.29) is 5.92 Å². The fourth-order valence-corrected chi connectivity index (χ4v) is 2.54. The first-order valence-corrected chi connectivity index (χ1v) is 7.64. The lowest BCUT2D eigenvalue weighted by molar-refractivity contribution is 0.136. The summed E-state index contributed by atoms with van der Waals surface area (Å²) in [6.45, 7) is 4.38. The van der Waals surface area contributed by atoms with Gasteiger partial charge in [-0.1, -0.05) is 26.0 Å². The number of nitrogens with zero attached hydrogens (tertiary/aromatic N) is 3. The second kappa shape index (κ2) is 5.65. The van der Waals surface area contributed by atoms with Gasteiger partial charge in [0.15, 0.2) is 5.82 Å². The number of aromatic nitrogens is 3. The first-order chi connectivity index (χ1) is 10.2. The van der Waals surface area contributed by atoms with E-state index >= 15 is 0 Å². The predicted molar refractivity (Wildman–Crippen MR) is 82.4 cm³/mol. The summed E-state index contributed by atoms with van der Waals surface area (Å²) in [5, 5.41) is 1.87. The minimum atomic E-state index is -0.416. The van der Waals surface area contributed by atoms with Crippen LogP contribution in [0.5, 0.6) is 0 Å². The maximum atomic E-state index is 12.4. The molecular formula is C15H15N3O2S. The molecule has 21 heavy (non-hydrogen) atoms. The molecule has 2 aromatic heterocycles. The second-order valence-corrected chi connectivity index (χ2v) is 5.82. The van der Waals surface area contributed by atoms with Gasteiger partial charge in [-0.05, 0) is 18.1 Å². The zero-order valence-electron chi connectivity index (χ0n) is 11.8. The van der Waals surface area contributed by atoms with Gasteiger partial charge in [0.25, 0.3) is 0 Å². The highest BCUT2D eigenvalue weighted by atomic mass is 32.1. The standard InChI is InChI=1S/C15H15N3O2S/c1-10(2)7-20-15(19)18-13-6-4-3-5-11(13)17-14(18)12-8-21-9-16-12/h3-6,8-10H,7H2,1-2H3. The topological polar surface area (TPSA) is 57.0 Å². The summed E-state index contributed by atoms with van der Waals surface area (Å²) in [6.07, 6.45) is -0.416. The Balaban J connectivity index is 2.10. The number of hydrogen-bond donors (Lipinski definition) is 0. The van der Waals surface area contributed by atoms with Crippen molar-refractivity contribution >= 4 is 28.5 Å². The molecule has 0 saturated heterocycles. The van der Waals surface area contributed by atoms with Gasteiger partial charge < -0.3 is 4.74 Å². The van der Waals surface area contributed by atoms with E-state index in [2.05, 4.69) is 9.97 Å². The van der Waals surface area contributed by atoms with Crippen LogP contribution in [0.3, 0.4) is 0 Å². The van der Waals surface area contributed by atoms with E-state index in [1.807, 2.05) is 43.5 Å². The number of ether oxygens (including phenoxy) is 1. The van der Waals surface area contributed by atoms with Crippen molar-refractivity contribution in [3.8, 4) is 11.5 Å². The fourth-order valence-electron chi connectivity index (χ4n) is 2.01. The Morgan fingerprint density at radius 3 is 2.90 bits per heavy atom. The molecule has 3 aromatic rings. The molecule has 0 fully saturated rings. The summed E-state index contributed by atoms with van der Waals surface area (Å²) in [5.74, 6) is 0.803. The number of benzene rings is 1. The van der Waals surface area contributed by atoms with E-state index in [4.69, 9.17) is 4.74 Å². The van der Waals surface area contributed by atoms with Crippen molar-refractivity contribution in [3.05, 3.63) is 35.2 Å². The minimum Gasteiger partial charge on any atom is -0.449 e. The molecule has 0 N–H and O–H groups in total. The molecule has 0 aliphatic rings. The quantitative estimate of drug-likeness (QED) is 0.738. The molecule has 0 radical (unpaired) electrons. The normalized spacial score (nSPS) is 11.2. The fraction of sp³-hybridized carbons (Fsp3) is 0.267. The molecule has 6 heteroatoms. The van der Waals surface area contributed by atoms with Crippen LogP contribution in [0.2, 0.25) is 0 Å². The molecule has 108 valence electrons. The Kier molecular flexibility index (Phi) is 3.70. The van der Waals surface area contributed by atoms with E-state index in [9.17, 15) is 4.79 Å². The Labute approximate surface area is 126 Å². The van der Waals surface area contributed by atoms with Crippen molar-refractivity contribution in [3.63, 3.8) is 0 Å². The number of carbonyl (C=O) groups excluding carboxylic acids is 1. The zero-order chi connectivity index (χ0) is 14.8. The maximum Gasteiger partial charge on any atom is 0.420 e. The van der Waals surface area contributed by atoms with Crippen LogP contribution in [0.4, 0.5) is 4.79 Å². The van der Waals surface area contributed by atoms with Crippen LogP contribution in [-0.2, 0) is 4.74 Å². The van der Waals surface area contributed by atoms with Crippen LogP contribution < -0.4 is 0 Å². The molecule has 0 unspecified atom stereocenters. The molecule has 0 spiro atoms. The third-order valence-corrected chi connectivity index (χ3v) is 3.53. The van der Waals surface area contributed by atoms with Crippen LogP contribution >= 0.6 is 11.3 Å². The summed E-state index contributed by atoms with van der Waals surface area (Å²) < 4.78 is 6.85. The van der Waals surface area contributed by atoms with Crippen LogP contribution in [0.1, 0.15) is 13.8 Å². The summed E-state index contributed by atoms with van der Waals surface area (Å²) >= 11 is 1.47. The minimum absolute atomic E-state index is 0.284. The molecule has 0 aliphatic heterocycles. The molecule has 3 rings (SSSR count). The summed E-state index contributed by atoms with van der Waals surface area (Å²) in [7, 11) is 0.